The van der Waals surface area contributed by atoms with E-state index in [1.54, 1.807) is 11.3 Å². The number of benzene rings is 6. The Kier molecular flexibility index (Phi) is 4.87. The summed E-state index contributed by atoms with van der Waals surface area (Å²) in [5.74, 6) is 0. The van der Waals surface area contributed by atoms with Crippen molar-refractivity contribution >= 4 is 80.8 Å². The first-order valence-electron chi connectivity index (χ1n) is 14.0. The summed E-state index contributed by atoms with van der Waals surface area (Å²) < 4.78 is 7.07. The van der Waals surface area contributed by atoms with Gasteiger partial charge in [-0.2, -0.15) is 5.26 Å². The predicted molar refractivity (Wildman–Crippen MR) is 179 cm³/mol. The third kappa shape index (κ3) is 3.29. The molecule has 3 aromatic heterocycles. The average Bonchev–Trinajstić information content (AvgIpc) is 3.71. The van der Waals surface area contributed by atoms with Crippen molar-refractivity contribution < 1.29 is 0 Å². The van der Waals surface area contributed by atoms with Crippen molar-refractivity contribution in [2.75, 3.05) is 0 Å². The van der Waals surface area contributed by atoms with Crippen LogP contribution in [-0.4, -0.2) is 9.13 Å². The maximum absolute atomic E-state index is 9.57. The van der Waals surface area contributed by atoms with Gasteiger partial charge in [-0.25, -0.2) is 4.85 Å². The Bertz CT molecular complexity index is 2710. The van der Waals surface area contributed by atoms with Crippen LogP contribution in [0.15, 0.2) is 121 Å². The molecular formula is C38H20N4S. The molecule has 0 aliphatic heterocycles. The van der Waals surface area contributed by atoms with Crippen molar-refractivity contribution in [3.63, 3.8) is 0 Å². The maximum Gasteiger partial charge on any atom is 0.187 e. The lowest BCUT2D eigenvalue weighted by atomic mass is 10.1. The molecule has 4 nitrogen and oxygen atoms in total. The number of nitrogens with zero attached hydrogens (tertiary/aromatic N) is 4. The van der Waals surface area contributed by atoms with Gasteiger partial charge in [0.05, 0.1) is 40.3 Å². The molecule has 43 heavy (non-hydrogen) atoms. The summed E-state index contributed by atoms with van der Waals surface area (Å²) >= 11 is 1.78. The molecule has 0 saturated carbocycles. The summed E-state index contributed by atoms with van der Waals surface area (Å²) in [6, 6.07) is 44.4. The topological polar surface area (TPSA) is 38.0 Å². The van der Waals surface area contributed by atoms with E-state index in [0.717, 1.165) is 49.6 Å². The summed E-state index contributed by atoms with van der Waals surface area (Å²) in [4.78, 5) is 3.72. The summed E-state index contributed by atoms with van der Waals surface area (Å²) in [6.45, 7) is 7.60. The first kappa shape index (κ1) is 23.8. The largest absolute Gasteiger partial charge is 0.309 e. The number of thiophene rings is 1. The number of hydrogen-bond acceptors (Lipinski definition) is 2. The summed E-state index contributed by atoms with van der Waals surface area (Å²) in [6.07, 6.45) is 0. The van der Waals surface area contributed by atoms with E-state index in [-0.39, 0.29) is 0 Å². The number of fused-ring (bicyclic) bond motifs is 10. The SMILES string of the molecule is [C-]#[N+]c1ccc2sc3ccc4c(c5ccccc5n4-c4cccc(-n5c6ccccc6c6cc(C#N)ccc65)c4)c3c2c1. The molecule has 9 aromatic rings. The number of aromatic nitrogens is 2. The normalized spacial score (nSPS) is 11.7. The number of para-hydroxylation sites is 2. The highest BCUT2D eigenvalue weighted by molar-refractivity contribution is 7.26. The second-order valence-corrected chi connectivity index (χ2v) is 11.9. The fraction of sp³-hybridized carbons (Fsp3) is 0. The lowest BCUT2D eigenvalue weighted by Crippen LogP contribution is -1.98. The molecule has 0 bridgehead atoms. The van der Waals surface area contributed by atoms with E-state index in [9.17, 15) is 5.26 Å². The monoisotopic (exact) mass is 564 g/mol. The smallest absolute Gasteiger partial charge is 0.187 e. The lowest BCUT2D eigenvalue weighted by Gasteiger charge is -2.13. The molecule has 6 aromatic carbocycles. The third-order valence-corrected chi connectivity index (χ3v) is 9.67. The highest BCUT2D eigenvalue weighted by atomic mass is 32.1. The van der Waals surface area contributed by atoms with Crippen LogP contribution in [-0.2, 0) is 0 Å². The van der Waals surface area contributed by atoms with Crippen LogP contribution in [0, 0.1) is 17.9 Å². The molecular weight excluding hydrogens is 545 g/mol. The van der Waals surface area contributed by atoms with E-state index in [1.165, 1.54) is 25.6 Å². The van der Waals surface area contributed by atoms with Gasteiger partial charge in [-0.05, 0) is 72.1 Å². The molecule has 0 N–H and O–H groups in total. The number of nitriles is 1. The molecule has 0 atom stereocenters. The molecule has 0 radical (unpaired) electrons. The minimum atomic E-state index is 0.658. The molecule has 0 spiro atoms. The van der Waals surface area contributed by atoms with Crippen molar-refractivity contribution in [1.82, 2.24) is 9.13 Å². The summed E-state index contributed by atoms with van der Waals surface area (Å²) in [5, 5.41) is 16.5. The quantitative estimate of drug-likeness (QED) is 0.192. The fourth-order valence-electron chi connectivity index (χ4n) is 6.75. The molecule has 0 aliphatic rings. The Morgan fingerprint density at radius 3 is 2.02 bits per heavy atom. The first-order chi connectivity index (χ1) is 21.2. The van der Waals surface area contributed by atoms with Gasteiger partial charge in [-0.3, -0.25) is 0 Å². The molecule has 0 amide bonds. The summed E-state index contributed by atoms with van der Waals surface area (Å²) in [5.41, 5.74) is 7.91. The van der Waals surface area contributed by atoms with E-state index in [1.807, 2.05) is 24.3 Å². The Labute approximate surface area is 250 Å². The third-order valence-electron chi connectivity index (χ3n) is 8.53. The highest BCUT2D eigenvalue weighted by Gasteiger charge is 2.19. The molecule has 0 aliphatic carbocycles. The van der Waals surface area contributed by atoms with E-state index in [0.29, 0.717) is 11.3 Å². The van der Waals surface area contributed by atoms with Gasteiger partial charge in [0, 0.05) is 47.7 Å². The van der Waals surface area contributed by atoms with Gasteiger partial charge in [0.1, 0.15) is 0 Å². The van der Waals surface area contributed by atoms with Gasteiger partial charge < -0.3 is 9.13 Å². The van der Waals surface area contributed by atoms with Crippen LogP contribution in [0.5, 0.6) is 0 Å². The standard InChI is InChI=1S/C38H20N4S/c1-40-24-14-17-35-30(20-24)38-36(43-35)18-16-34-37(38)28-10-3-5-12-32(28)42(34)26-8-6-7-25(21-26)41-31-11-4-2-9-27(31)29-19-23(22-39)13-15-33(29)41/h2-21H. The minimum absolute atomic E-state index is 0.658. The zero-order chi connectivity index (χ0) is 28.7. The molecule has 5 heteroatoms. The first-order valence-corrected chi connectivity index (χ1v) is 14.9. The second-order valence-electron chi connectivity index (χ2n) is 10.8. The zero-order valence-corrected chi connectivity index (χ0v) is 23.6. The van der Waals surface area contributed by atoms with Gasteiger partial charge in [0.15, 0.2) is 5.69 Å². The Morgan fingerprint density at radius 2 is 1.23 bits per heavy atom. The van der Waals surface area contributed by atoms with Crippen LogP contribution >= 0.6 is 11.3 Å². The van der Waals surface area contributed by atoms with Crippen molar-refractivity contribution in [2.24, 2.45) is 0 Å². The van der Waals surface area contributed by atoms with E-state index >= 15 is 0 Å². The van der Waals surface area contributed by atoms with Crippen LogP contribution < -0.4 is 0 Å². The zero-order valence-electron chi connectivity index (χ0n) is 22.7. The summed E-state index contributed by atoms with van der Waals surface area (Å²) in [7, 11) is 0. The average molecular weight is 565 g/mol. The predicted octanol–water partition coefficient (Wildman–Crippen LogP) is 10.7. The van der Waals surface area contributed by atoms with Crippen LogP contribution in [0.25, 0.3) is 80.0 Å². The van der Waals surface area contributed by atoms with Crippen molar-refractivity contribution in [2.45, 2.75) is 0 Å². The lowest BCUT2D eigenvalue weighted by molar-refractivity contribution is 1.13. The van der Waals surface area contributed by atoms with Crippen LogP contribution in [0.3, 0.4) is 0 Å². The second kappa shape index (κ2) is 8.81. The Morgan fingerprint density at radius 1 is 0.558 bits per heavy atom. The number of hydrogen-bond donors (Lipinski definition) is 0. The highest BCUT2D eigenvalue weighted by Crippen LogP contribution is 2.44. The van der Waals surface area contributed by atoms with Crippen molar-refractivity contribution in [3.8, 4) is 17.4 Å². The van der Waals surface area contributed by atoms with Crippen molar-refractivity contribution in [1.29, 1.82) is 5.26 Å². The van der Waals surface area contributed by atoms with Gasteiger partial charge in [0.2, 0.25) is 0 Å². The van der Waals surface area contributed by atoms with Gasteiger partial charge in [-0.1, -0.05) is 54.6 Å². The minimum Gasteiger partial charge on any atom is -0.309 e. The molecule has 0 fully saturated rings. The van der Waals surface area contributed by atoms with Crippen molar-refractivity contribution in [3.05, 3.63) is 138 Å². The van der Waals surface area contributed by atoms with Crippen LogP contribution in [0.1, 0.15) is 5.56 Å². The Hall–Kier alpha value is -5.88. The van der Waals surface area contributed by atoms with E-state index in [4.69, 9.17) is 6.57 Å². The molecule has 0 unspecified atom stereocenters. The molecule has 3 heterocycles. The molecule has 9 rings (SSSR count). The fourth-order valence-corrected chi connectivity index (χ4v) is 7.85. The Balaban J connectivity index is 1.36. The van der Waals surface area contributed by atoms with Gasteiger partial charge in [0.25, 0.3) is 0 Å². The van der Waals surface area contributed by atoms with Gasteiger partial charge in [-0.15, -0.1) is 11.3 Å². The van der Waals surface area contributed by atoms with Gasteiger partial charge >= 0.3 is 0 Å². The molecule has 198 valence electrons. The van der Waals surface area contributed by atoms with Crippen LogP contribution in [0.4, 0.5) is 5.69 Å². The number of rotatable bonds is 2. The van der Waals surface area contributed by atoms with E-state index < -0.39 is 0 Å². The molecule has 0 saturated heterocycles. The van der Waals surface area contributed by atoms with Crippen LogP contribution in [0.2, 0.25) is 0 Å². The van der Waals surface area contributed by atoms with E-state index in [2.05, 4.69) is 117 Å². The maximum atomic E-state index is 9.57.